The lowest BCUT2D eigenvalue weighted by atomic mass is 10.1. The van der Waals surface area contributed by atoms with E-state index in [-0.39, 0.29) is 24.8 Å². The van der Waals surface area contributed by atoms with Crippen LogP contribution < -0.4 is 0 Å². The molecule has 0 saturated heterocycles. The third kappa shape index (κ3) is 4.04. The third-order valence-electron chi connectivity index (χ3n) is 4.94. The molecule has 1 N–H and O–H groups in total. The monoisotopic (exact) mass is 369 g/mol. The van der Waals surface area contributed by atoms with Crippen molar-refractivity contribution in [3.8, 4) is 5.69 Å². The van der Waals surface area contributed by atoms with E-state index < -0.39 is 5.97 Å². The fourth-order valence-corrected chi connectivity index (χ4v) is 3.71. The molecular weight excluding hydrogens is 342 g/mol. The molecule has 0 unspecified atom stereocenters. The van der Waals surface area contributed by atoms with Crippen molar-refractivity contribution >= 4 is 11.9 Å². The second kappa shape index (κ2) is 7.94. The first-order valence-electron chi connectivity index (χ1n) is 9.56. The standard InChI is InChI=1S/C21H27N3O3/c1-14(2)13-23(12-11-19(25)26)21(27)20-16-8-6-10-18(16)24(22-20)17-9-5-4-7-15(17)3/h4-5,7,9,14H,6,8,10-13H2,1-3H3,(H,25,26). The van der Waals surface area contributed by atoms with Gasteiger partial charge in [0.25, 0.3) is 5.91 Å². The maximum absolute atomic E-state index is 13.2. The smallest absolute Gasteiger partial charge is 0.305 e. The van der Waals surface area contributed by atoms with E-state index in [0.29, 0.717) is 12.2 Å². The van der Waals surface area contributed by atoms with Gasteiger partial charge in [-0.05, 0) is 43.7 Å². The topological polar surface area (TPSA) is 75.4 Å². The molecule has 0 aliphatic heterocycles. The zero-order chi connectivity index (χ0) is 19.6. The summed E-state index contributed by atoms with van der Waals surface area (Å²) in [5.41, 5.74) is 4.72. The first kappa shape index (κ1) is 19.1. The van der Waals surface area contributed by atoms with Crippen molar-refractivity contribution < 1.29 is 14.7 Å². The molecule has 0 radical (unpaired) electrons. The molecule has 2 aromatic rings. The van der Waals surface area contributed by atoms with Gasteiger partial charge in [0.1, 0.15) is 0 Å². The Kier molecular flexibility index (Phi) is 5.63. The number of aliphatic carboxylic acids is 1. The summed E-state index contributed by atoms with van der Waals surface area (Å²) in [6.45, 7) is 6.82. The molecule has 0 saturated carbocycles. The van der Waals surface area contributed by atoms with Gasteiger partial charge in [0.15, 0.2) is 5.69 Å². The molecule has 0 atom stereocenters. The Morgan fingerprint density at radius 1 is 1.26 bits per heavy atom. The fourth-order valence-electron chi connectivity index (χ4n) is 3.71. The van der Waals surface area contributed by atoms with Crippen molar-refractivity contribution in [2.45, 2.75) is 46.5 Å². The summed E-state index contributed by atoms with van der Waals surface area (Å²) in [5, 5.41) is 13.7. The molecule has 27 heavy (non-hydrogen) atoms. The Bertz CT molecular complexity index is 854. The van der Waals surface area contributed by atoms with Crippen LogP contribution in [0, 0.1) is 12.8 Å². The van der Waals surface area contributed by atoms with Crippen LogP contribution in [0.5, 0.6) is 0 Å². The number of nitrogens with zero attached hydrogens (tertiary/aromatic N) is 3. The van der Waals surface area contributed by atoms with Gasteiger partial charge in [0.2, 0.25) is 0 Å². The minimum atomic E-state index is -0.896. The Morgan fingerprint density at radius 2 is 2.00 bits per heavy atom. The van der Waals surface area contributed by atoms with E-state index in [1.165, 1.54) is 0 Å². The summed E-state index contributed by atoms with van der Waals surface area (Å²) < 4.78 is 1.91. The van der Waals surface area contributed by atoms with Gasteiger partial charge < -0.3 is 10.0 Å². The number of rotatable bonds is 7. The molecule has 0 bridgehead atoms. The van der Waals surface area contributed by atoms with Crippen LogP contribution in [0.25, 0.3) is 5.69 Å². The molecule has 1 amide bonds. The number of carboxylic acids is 1. The predicted molar refractivity (Wildman–Crippen MR) is 103 cm³/mol. The molecule has 0 fully saturated rings. The number of hydrogen-bond donors (Lipinski definition) is 1. The number of benzene rings is 1. The Hall–Kier alpha value is -2.63. The number of aryl methyl sites for hydroxylation is 1. The highest BCUT2D eigenvalue weighted by molar-refractivity contribution is 5.94. The van der Waals surface area contributed by atoms with Gasteiger partial charge in [-0.25, -0.2) is 4.68 Å². The minimum absolute atomic E-state index is 0.0564. The SMILES string of the molecule is Cc1ccccc1-n1nc(C(=O)N(CCC(=O)O)CC(C)C)c2c1CCC2. The first-order valence-corrected chi connectivity index (χ1v) is 9.56. The average molecular weight is 369 g/mol. The Morgan fingerprint density at radius 3 is 2.67 bits per heavy atom. The van der Waals surface area contributed by atoms with Crippen molar-refractivity contribution in [1.82, 2.24) is 14.7 Å². The Labute approximate surface area is 159 Å². The lowest BCUT2D eigenvalue weighted by Gasteiger charge is -2.23. The van der Waals surface area contributed by atoms with Crippen molar-refractivity contribution in [1.29, 1.82) is 0 Å². The van der Waals surface area contributed by atoms with Crippen LogP contribution in [0.4, 0.5) is 0 Å². The van der Waals surface area contributed by atoms with Gasteiger partial charge in [0.05, 0.1) is 12.1 Å². The van der Waals surface area contributed by atoms with Crippen molar-refractivity contribution in [3.05, 3.63) is 46.8 Å². The summed E-state index contributed by atoms with van der Waals surface area (Å²) in [5.74, 6) is -0.795. The van der Waals surface area contributed by atoms with Gasteiger partial charge >= 0.3 is 5.97 Å². The van der Waals surface area contributed by atoms with Crippen molar-refractivity contribution in [2.24, 2.45) is 5.92 Å². The number of carbonyl (C=O) groups excluding carboxylic acids is 1. The second-order valence-electron chi connectivity index (χ2n) is 7.61. The molecule has 3 rings (SSSR count). The molecule has 1 aromatic heterocycles. The first-order chi connectivity index (χ1) is 12.9. The normalized spacial score (nSPS) is 13.0. The highest BCUT2D eigenvalue weighted by atomic mass is 16.4. The highest BCUT2D eigenvalue weighted by Crippen LogP contribution is 2.29. The molecule has 1 aromatic carbocycles. The van der Waals surface area contributed by atoms with Crippen LogP contribution >= 0.6 is 0 Å². The maximum atomic E-state index is 13.2. The number of hydrogen-bond acceptors (Lipinski definition) is 3. The van der Waals surface area contributed by atoms with E-state index in [2.05, 4.69) is 0 Å². The van der Waals surface area contributed by atoms with E-state index in [4.69, 9.17) is 10.2 Å². The van der Waals surface area contributed by atoms with E-state index in [9.17, 15) is 9.59 Å². The molecule has 6 heteroatoms. The van der Waals surface area contributed by atoms with Crippen molar-refractivity contribution in [3.63, 3.8) is 0 Å². The molecule has 6 nitrogen and oxygen atoms in total. The molecule has 0 spiro atoms. The summed E-state index contributed by atoms with van der Waals surface area (Å²) in [7, 11) is 0. The molecule has 1 aliphatic rings. The van der Waals surface area contributed by atoms with E-state index >= 15 is 0 Å². The highest BCUT2D eigenvalue weighted by Gasteiger charge is 2.30. The number of para-hydroxylation sites is 1. The van der Waals surface area contributed by atoms with Gasteiger partial charge in [-0.15, -0.1) is 0 Å². The van der Waals surface area contributed by atoms with Crippen LogP contribution in [-0.2, 0) is 17.6 Å². The zero-order valence-electron chi connectivity index (χ0n) is 16.2. The number of carbonyl (C=O) groups is 2. The lowest BCUT2D eigenvalue weighted by Crippen LogP contribution is -2.36. The number of amides is 1. The molecule has 1 heterocycles. The third-order valence-corrected chi connectivity index (χ3v) is 4.94. The number of aromatic nitrogens is 2. The maximum Gasteiger partial charge on any atom is 0.305 e. The summed E-state index contributed by atoms with van der Waals surface area (Å²) >= 11 is 0. The number of fused-ring (bicyclic) bond motifs is 1. The summed E-state index contributed by atoms with van der Waals surface area (Å²) in [6.07, 6.45) is 2.71. The van der Waals surface area contributed by atoms with Crippen LogP contribution in [-0.4, -0.2) is 44.8 Å². The summed E-state index contributed by atoms with van der Waals surface area (Å²) in [6, 6.07) is 8.03. The molecular formula is C21H27N3O3. The van der Waals surface area contributed by atoms with Crippen molar-refractivity contribution in [2.75, 3.05) is 13.1 Å². The van der Waals surface area contributed by atoms with E-state index in [1.54, 1.807) is 4.90 Å². The van der Waals surface area contributed by atoms with Gasteiger partial charge in [-0.2, -0.15) is 5.10 Å². The van der Waals surface area contributed by atoms with E-state index in [1.807, 2.05) is 49.7 Å². The van der Waals surface area contributed by atoms with Crippen LogP contribution in [0.3, 0.4) is 0 Å². The van der Waals surface area contributed by atoms with Gasteiger partial charge in [0, 0.05) is 24.3 Å². The number of carboxylic acid groups (broad SMARTS) is 1. The van der Waals surface area contributed by atoms with Crippen LogP contribution in [0.2, 0.25) is 0 Å². The molecule has 144 valence electrons. The Balaban J connectivity index is 1.98. The quantitative estimate of drug-likeness (QED) is 0.813. The lowest BCUT2D eigenvalue weighted by molar-refractivity contribution is -0.137. The molecule has 1 aliphatic carbocycles. The van der Waals surface area contributed by atoms with Crippen LogP contribution in [0.15, 0.2) is 24.3 Å². The predicted octanol–water partition coefficient (Wildman–Crippen LogP) is 3.24. The van der Waals surface area contributed by atoms with Crippen LogP contribution in [0.1, 0.15) is 54.0 Å². The average Bonchev–Trinajstić information content (AvgIpc) is 3.21. The second-order valence-corrected chi connectivity index (χ2v) is 7.61. The van der Waals surface area contributed by atoms with Gasteiger partial charge in [-0.3, -0.25) is 9.59 Å². The zero-order valence-corrected chi connectivity index (χ0v) is 16.2. The summed E-state index contributed by atoms with van der Waals surface area (Å²) in [4.78, 5) is 25.9. The largest absolute Gasteiger partial charge is 0.481 e. The van der Waals surface area contributed by atoms with Gasteiger partial charge in [-0.1, -0.05) is 32.0 Å². The minimum Gasteiger partial charge on any atom is -0.481 e. The fraction of sp³-hybridized carbons (Fsp3) is 0.476. The van der Waals surface area contributed by atoms with E-state index in [0.717, 1.165) is 41.8 Å².